The van der Waals surface area contributed by atoms with Gasteiger partial charge in [0.25, 0.3) is 0 Å². The quantitative estimate of drug-likeness (QED) is 0.282. The normalized spacial score (nSPS) is 12.1. The van der Waals surface area contributed by atoms with Gasteiger partial charge in [-0.05, 0) is 31.7 Å². The molecule has 170 valence electrons. The van der Waals surface area contributed by atoms with E-state index in [4.69, 9.17) is 32.7 Å². The van der Waals surface area contributed by atoms with Gasteiger partial charge in [0, 0.05) is 23.2 Å². The van der Waals surface area contributed by atoms with E-state index in [-0.39, 0.29) is 45.3 Å². The molecule has 0 saturated carbocycles. The minimum atomic E-state index is -3.93. The SMILES string of the molecule is CCC(CC)NS(=O)(=O)c1cc2c(F)c(OCCCCl)c(OCCCCl)c(F)c2s1. The third-order valence-electron chi connectivity index (χ3n) is 4.37. The summed E-state index contributed by atoms with van der Waals surface area (Å²) in [5.41, 5.74) is 0. The molecule has 0 fully saturated rings. The van der Waals surface area contributed by atoms with Crippen molar-refractivity contribution in [2.75, 3.05) is 25.0 Å². The van der Waals surface area contributed by atoms with Crippen molar-refractivity contribution in [2.45, 2.75) is 49.8 Å². The highest BCUT2D eigenvalue weighted by Gasteiger charge is 2.28. The molecule has 2 aromatic rings. The molecule has 0 spiro atoms. The summed E-state index contributed by atoms with van der Waals surface area (Å²) in [4.78, 5) is 0. The molecular formula is C19H25Cl2F2NO4S2. The predicted octanol–water partition coefficient (Wildman–Crippen LogP) is 5.66. The van der Waals surface area contributed by atoms with Gasteiger partial charge in [0.2, 0.25) is 21.5 Å². The van der Waals surface area contributed by atoms with Crippen LogP contribution in [0.25, 0.3) is 10.1 Å². The van der Waals surface area contributed by atoms with Crippen LogP contribution in [0.15, 0.2) is 10.3 Å². The second-order valence-electron chi connectivity index (χ2n) is 6.51. The first kappa shape index (κ1) is 25.4. The fraction of sp³-hybridized carbons (Fsp3) is 0.579. The van der Waals surface area contributed by atoms with Crippen molar-refractivity contribution in [1.82, 2.24) is 4.72 Å². The highest BCUT2D eigenvalue weighted by molar-refractivity contribution is 7.91. The fourth-order valence-electron chi connectivity index (χ4n) is 2.70. The Balaban J connectivity index is 2.55. The summed E-state index contributed by atoms with van der Waals surface area (Å²) in [7, 11) is -3.93. The van der Waals surface area contributed by atoms with Gasteiger partial charge in [-0.15, -0.1) is 34.5 Å². The summed E-state index contributed by atoms with van der Waals surface area (Å²) in [5, 5.41) is -0.173. The number of alkyl halides is 2. The average Bonchev–Trinajstić information content (AvgIpc) is 3.19. The van der Waals surface area contributed by atoms with Crippen LogP contribution in [0.3, 0.4) is 0 Å². The van der Waals surface area contributed by atoms with Crippen LogP contribution < -0.4 is 14.2 Å². The van der Waals surface area contributed by atoms with E-state index in [2.05, 4.69) is 4.72 Å². The first-order chi connectivity index (χ1) is 14.3. The Morgan fingerprint density at radius 3 is 2.07 bits per heavy atom. The van der Waals surface area contributed by atoms with E-state index >= 15 is 8.78 Å². The maximum absolute atomic E-state index is 15.2. The molecule has 1 aromatic carbocycles. The molecule has 0 aliphatic rings. The van der Waals surface area contributed by atoms with E-state index in [1.54, 1.807) is 0 Å². The zero-order valence-corrected chi connectivity index (χ0v) is 19.9. The number of nitrogens with one attached hydrogen (secondary N) is 1. The Kier molecular flexibility index (Phi) is 9.87. The maximum atomic E-state index is 15.2. The number of rotatable bonds is 13. The zero-order chi connectivity index (χ0) is 22.3. The molecule has 0 radical (unpaired) electrons. The Hall–Kier alpha value is -0.870. The van der Waals surface area contributed by atoms with E-state index in [9.17, 15) is 8.42 Å². The van der Waals surface area contributed by atoms with Crippen molar-refractivity contribution < 1.29 is 26.7 Å². The molecule has 0 aliphatic carbocycles. The van der Waals surface area contributed by atoms with Crippen molar-refractivity contribution in [1.29, 1.82) is 0 Å². The Morgan fingerprint density at radius 2 is 1.57 bits per heavy atom. The molecule has 0 amide bonds. The number of ether oxygens (including phenoxy) is 2. The highest BCUT2D eigenvalue weighted by Crippen LogP contribution is 2.44. The smallest absolute Gasteiger partial charge is 0.250 e. The van der Waals surface area contributed by atoms with Gasteiger partial charge >= 0.3 is 0 Å². The van der Waals surface area contributed by atoms with E-state index in [1.165, 1.54) is 0 Å². The Morgan fingerprint density at radius 1 is 1.03 bits per heavy atom. The molecule has 30 heavy (non-hydrogen) atoms. The largest absolute Gasteiger partial charge is 0.487 e. The van der Waals surface area contributed by atoms with Crippen molar-refractivity contribution >= 4 is 54.6 Å². The Labute approximate surface area is 189 Å². The van der Waals surface area contributed by atoms with Crippen molar-refractivity contribution in [3.63, 3.8) is 0 Å². The molecule has 5 nitrogen and oxygen atoms in total. The second kappa shape index (κ2) is 11.7. The lowest BCUT2D eigenvalue weighted by Gasteiger charge is -2.15. The maximum Gasteiger partial charge on any atom is 0.250 e. The van der Waals surface area contributed by atoms with Crippen LogP contribution in [0.5, 0.6) is 11.5 Å². The second-order valence-corrected chi connectivity index (χ2v) is 10.3. The zero-order valence-electron chi connectivity index (χ0n) is 16.8. The lowest BCUT2D eigenvalue weighted by atomic mass is 10.2. The van der Waals surface area contributed by atoms with Crippen LogP contribution in [-0.4, -0.2) is 39.4 Å². The number of sulfonamides is 1. The number of fused-ring (bicyclic) bond motifs is 1. The van der Waals surface area contributed by atoms with Gasteiger partial charge in [-0.3, -0.25) is 0 Å². The number of hydrogen-bond acceptors (Lipinski definition) is 5. The monoisotopic (exact) mass is 503 g/mol. The highest BCUT2D eigenvalue weighted by atomic mass is 35.5. The van der Waals surface area contributed by atoms with Crippen LogP contribution in [0.2, 0.25) is 0 Å². The van der Waals surface area contributed by atoms with Crippen LogP contribution in [0.1, 0.15) is 39.5 Å². The van der Waals surface area contributed by atoms with Gasteiger partial charge in [0.15, 0.2) is 11.6 Å². The number of benzene rings is 1. The van der Waals surface area contributed by atoms with Crippen molar-refractivity contribution in [2.24, 2.45) is 0 Å². The molecule has 1 aromatic heterocycles. The van der Waals surface area contributed by atoms with Crippen LogP contribution in [0.4, 0.5) is 8.78 Å². The van der Waals surface area contributed by atoms with Crippen LogP contribution >= 0.6 is 34.5 Å². The van der Waals surface area contributed by atoms with Gasteiger partial charge in [-0.2, -0.15) is 0 Å². The molecule has 2 rings (SSSR count). The summed E-state index contributed by atoms with van der Waals surface area (Å²) in [6, 6.07) is 0.860. The van der Waals surface area contributed by atoms with Crippen molar-refractivity contribution in [3.05, 3.63) is 17.7 Å². The third kappa shape index (κ3) is 5.88. The summed E-state index contributed by atoms with van der Waals surface area (Å²) < 4.78 is 68.9. The van der Waals surface area contributed by atoms with Crippen LogP contribution in [0, 0.1) is 11.6 Å². The standard InChI is InChI=1S/C19H25Cl2F2NO4S2/c1-3-12(4-2)24-30(25,26)14-11-13-15(22)17(27-9-5-7-20)18(28-10-6-8-21)16(23)19(13)29-14/h11-12,24H,3-10H2,1-2H3. The lowest BCUT2D eigenvalue weighted by Crippen LogP contribution is -2.33. The third-order valence-corrected chi connectivity index (χ3v) is 8.03. The predicted molar refractivity (Wildman–Crippen MR) is 118 cm³/mol. The number of halogens is 4. The minimum absolute atomic E-state index is 0.0583. The Bertz CT molecular complexity index is 897. The first-order valence-electron chi connectivity index (χ1n) is 9.64. The summed E-state index contributed by atoms with van der Waals surface area (Å²) in [5.74, 6) is -1.94. The summed E-state index contributed by atoms with van der Waals surface area (Å²) in [6.07, 6.45) is 2.04. The number of thiophene rings is 1. The topological polar surface area (TPSA) is 64.6 Å². The van der Waals surface area contributed by atoms with Gasteiger partial charge < -0.3 is 9.47 Å². The molecule has 1 N–H and O–H groups in total. The summed E-state index contributed by atoms with van der Waals surface area (Å²) >= 11 is 11.9. The average molecular weight is 504 g/mol. The van der Waals surface area contributed by atoms with E-state index in [0.29, 0.717) is 37.0 Å². The molecule has 0 saturated heterocycles. The van der Waals surface area contributed by atoms with E-state index < -0.39 is 33.2 Å². The van der Waals surface area contributed by atoms with Crippen molar-refractivity contribution in [3.8, 4) is 11.5 Å². The number of hydrogen-bond donors (Lipinski definition) is 1. The molecule has 0 aliphatic heterocycles. The summed E-state index contributed by atoms with van der Waals surface area (Å²) in [6.45, 7) is 3.83. The minimum Gasteiger partial charge on any atom is -0.487 e. The molecule has 11 heteroatoms. The van der Waals surface area contributed by atoms with Gasteiger partial charge in [-0.25, -0.2) is 21.9 Å². The van der Waals surface area contributed by atoms with E-state index in [0.717, 1.165) is 6.07 Å². The van der Waals surface area contributed by atoms with Crippen LogP contribution in [-0.2, 0) is 10.0 Å². The molecule has 0 bridgehead atoms. The van der Waals surface area contributed by atoms with Gasteiger partial charge in [-0.1, -0.05) is 13.8 Å². The van der Waals surface area contributed by atoms with E-state index in [1.807, 2.05) is 13.8 Å². The molecule has 0 atom stereocenters. The molecule has 0 unspecified atom stereocenters. The molecule has 1 heterocycles. The lowest BCUT2D eigenvalue weighted by molar-refractivity contribution is 0.250. The first-order valence-corrected chi connectivity index (χ1v) is 13.0. The fourth-order valence-corrected chi connectivity index (χ4v) is 5.73. The van der Waals surface area contributed by atoms with Gasteiger partial charge in [0.05, 0.1) is 17.9 Å². The van der Waals surface area contributed by atoms with Gasteiger partial charge in [0.1, 0.15) is 4.21 Å². The molecular weight excluding hydrogens is 479 g/mol.